The Labute approximate surface area is 90.0 Å². The normalized spacial score (nSPS) is 14.9. The second-order valence-electron chi connectivity index (χ2n) is 4.03. The highest BCUT2D eigenvalue weighted by atomic mass is 16.3. The van der Waals surface area contributed by atoms with Crippen LogP contribution in [0.15, 0.2) is 18.2 Å². The molecule has 84 valence electrons. The molecule has 0 amide bonds. The van der Waals surface area contributed by atoms with Crippen LogP contribution in [0, 0.1) is 6.92 Å². The molecule has 1 aromatic rings. The van der Waals surface area contributed by atoms with Crippen LogP contribution in [0.1, 0.15) is 18.3 Å². The van der Waals surface area contributed by atoms with Crippen LogP contribution in [0.25, 0.3) is 0 Å². The van der Waals surface area contributed by atoms with E-state index in [9.17, 15) is 5.11 Å². The fourth-order valence-electron chi connectivity index (χ4n) is 1.21. The molecule has 0 aliphatic rings. The Bertz CT molecular complexity index is 313. The summed E-state index contributed by atoms with van der Waals surface area (Å²) in [6, 6.07) is 5.81. The molecule has 1 aromatic heterocycles. The quantitative estimate of drug-likeness (QED) is 0.650. The molecule has 1 heterocycles. The average Bonchev–Trinajstić information content (AvgIpc) is 2.18. The van der Waals surface area contributed by atoms with Gasteiger partial charge in [-0.3, -0.25) is 4.98 Å². The van der Waals surface area contributed by atoms with Crippen molar-refractivity contribution in [1.29, 1.82) is 0 Å². The predicted octanol–water partition coefficient (Wildman–Crippen LogP) is 0.223. The third kappa shape index (κ3) is 4.38. The highest BCUT2D eigenvalue weighted by Gasteiger charge is 2.17. The van der Waals surface area contributed by atoms with Crippen LogP contribution in [-0.4, -0.2) is 33.9 Å². The van der Waals surface area contributed by atoms with Gasteiger partial charge < -0.3 is 15.5 Å². The summed E-state index contributed by atoms with van der Waals surface area (Å²) in [5.74, 6) is 0. The van der Waals surface area contributed by atoms with Gasteiger partial charge in [-0.1, -0.05) is 6.07 Å². The Morgan fingerprint density at radius 2 is 2.20 bits per heavy atom. The molecule has 0 bridgehead atoms. The van der Waals surface area contributed by atoms with Crippen molar-refractivity contribution in [2.45, 2.75) is 26.0 Å². The van der Waals surface area contributed by atoms with E-state index in [-0.39, 0.29) is 6.61 Å². The Hall–Kier alpha value is -0.970. The Kier molecular flexibility index (Phi) is 4.20. The summed E-state index contributed by atoms with van der Waals surface area (Å²) in [6.07, 6.45) is 0. The second-order valence-corrected chi connectivity index (χ2v) is 4.03. The number of aliphatic hydroxyl groups excluding tert-OH is 1. The van der Waals surface area contributed by atoms with Crippen molar-refractivity contribution >= 4 is 0 Å². The fourth-order valence-corrected chi connectivity index (χ4v) is 1.21. The van der Waals surface area contributed by atoms with Gasteiger partial charge in [0, 0.05) is 18.8 Å². The maximum absolute atomic E-state index is 9.52. The molecule has 0 aliphatic carbocycles. The Morgan fingerprint density at radius 1 is 1.47 bits per heavy atom. The lowest BCUT2D eigenvalue weighted by Crippen LogP contribution is -2.40. The summed E-state index contributed by atoms with van der Waals surface area (Å²) in [6.45, 7) is 4.22. The number of hydrogen-bond donors (Lipinski definition) is 3. The molecule has 4 nitrogen and oxygen atoms in total. The highest BCUT2D eigenvalue weighted by molar-refractivity contribution is 5.09. The number of aryl methyl sites for hydroxylation is 1. The minimum absolute atomic E-state index is 0.249. The van der Waals surface area contributed by atoms with E-state index in [1.165, 1.54) is 0 Å². The summed E-state index contributed by atoms with van der Waals surface area (Å²) in [7, 11) is 0. The van der Waals surface area contributed by atoms with Crippen LogP contribution in [0.3, 0.4) is 0 Å². The van der Waals surface area contributed by atoms with Gasteiger partial charge >= 0.3 is 0 Å². The smallest absolute Gasteiger partial charge is 0.0972 e. The first-order valence-electron chi connectivity index (χ1n) is 5.00. The monoisotopic (exact) mass is 210 g/mol. The van der Waals surface area contributed by atoms with E-state index in [1.807, 2.05) is 25.1 Å². The number of hydrogen-bond acceptors (Lipinski definition) is 4. The number of aliphatic hydroxyl groups is 2. The van der Waals surface area contributed by atoms with E-state index >= 15 is 0 Å². The zero-order chi connectivity index (χ0) is 11.3. The third-order valence-corrected chi connectivity index (χ3v) is 2.10. The topological polar surface area (TPSA) is 65.4 Å². The zero-order valence-electron chi connectivity index (χ0n) is 9.20. The molecular weight excluding hydrogens is 192 g/mol. The van der Waals surface area contributed by atoms with Gasteiger partial charge in [0.05, 0.1) is 17.9 Å². The third-order valence-electron chi connectivity index (χ3n) is 2.10. The molecular formula is C11H18N2O2. The highest BCUT2D eigenvalue weighted by Crippen LogP contribution is 2.01. The zero-order valence-corrected chi connectivity index (χ0v) is 9.20. The first-order valence-corrected chi connectivity index (χ1v) is 5.00. The molecule has 15 heavy (non-hydrogen) atoms. The maximum atomic E-state index is 9.52. The van der Waals surface area contributed by atoms with E-state index < -0.39 is 5.60 Å². The molecule has 0 fully saturated rings. The first kappa shape index (κ1) is 12.1. The van der Waals surface area contributed by atoms with Crippen LogP contribution in [-0.2, 0) is 6.54 Å². The lowest BCUT2D eigenvalue weighted by Gasteiger charge is -2.20. The summed E-state index contributed by atoms with van der Waals surface area (Å²) < 4.78 is 0. The molecule has 0 aromatic carbocycles. The minimum atomic E-state index is -1.07. The summed E-state index contributed by atoms with van der Waals surface area (Å²) in [5, 5.41) is 21.4. The lowest BCUT2D eigenvalue weighted by atomic mass is 10.1. The Morgan fingerprint density at radius 3 is 2.80 bits per heavy atom. The van der Waals surface area contributed by atoms with E-state index in [1.54, 1.807) is 6.92 Å². The molecule has 4 heteroatoms. The maximum Gasteiger partial charge on any atom is 0.0972 e. The molecule has 0 saturated heterocycles. The van der Waals surface area contributed by atoms with Crippen molar-refractivity contribution in [3.8, 4) is 0 Å². The van der Waals surface area contributed by atoms with E-state index in [0.29, 0.717) is 13.1 Å². The van der Waals surface area contributed by atoms with Crippen molar-refractivity contribution in [3.63, 3.8) is 0 Å². The molecule has 1 unspecified atom stereocenters. The number of rotatable bonds is 5. The van der Waals surface area contributed by atoms with Crippen molar-refractivity contribution in [2.24, 2.45) is 0 Å². The SMILES string of the molecule is Cc1cccc(CNCC(C)(O)CO)n1. The minimum Gasteiger partial charge on any atom is -0.393 e. The van der Waals surface area contributed by atoms with Crippen molar-refractivity contribution in [2.75, 3.05) is 13.2 Å². The van der Waals surface area contributed by atoms with Gasteiger partial charge in [0.2, 0.25) is 0 Å². The molecule has 0 aliphatic heterocycles. The van der Waals surface area contributed by atoms with Crippen LogP contribution in [0.5, 0.6) is 0 Å². The van der Waals surface area contributed by atoms with Crippen LogP contribution in [0.2, 0.25) is 0 Å². The number of aromatic nitrogens is 1. The van der Waals surface area contributed by atoms with Crippen molar-refractivity contribution < 1.29 is 10.2 Å². The lowest BCUT2D eigenvalue weighted by molar-refractivity contribution is 0.00248. The first-order chi connectivity index (χ1) is 7.03. The van der Waals surface area contributed by atoms with Gasteiger partial charge in [-0.25, -0.2) is 0 Å². The average molecular weight is 210 g/mol. The second kappa shape index (κ2) is 5.21. The summed E-state index contributed by atoms with van der Waals surface area (Å²) in [5.41, 5.74) is 0.844. The van der Waals surface area contributed by atoms with Crippen LogP contribution < -0.4 is 5.32 Å². The number of nitrogens with zero attached hydrogens (tertiary/aromatic N) is 1. The van der Waals surface area contributed by atoms with E-state index in [0.717, 1.165) is 11.4 Å². The van der Waals surface area contributed by atoms with Crippen molar-refractivity contribution in [1.82, 2.24) is 10.3 Å². The van der Waals surface area contributed by atoms with Gasteiger partial charge in [0.15, 0.2) is 0 Å². The molecule has 0 saturated carbocycles. The molecule has 3 N–H and O–H groups in total. The summed E-state index contributed by atoms with van der Waals surface area (Å²) in [4.78, 5) is 4.31. The molecule has 1 atom stereocenters. The van der Waals surface area contributed by atoms with Gasteiger partial charge in [-0.05, 0) is 26.0 Å². The largest absolute Gasteiger partial charge is 0.393 e. The molecule has 1 rings (SSSR count). The Balaban J connectivity index is 2.38. The van der Waals surface area contributed by atoms with Crippen molar-refractivity contribution in [3.05, 3.63) is 29.6 Å². The fraction of sp³-hybridized carbons (Fsp3) is 0.545. The number of nitrogens with one attached hydrogen (secondary N) is 1. The molecule has 0 radical (unpaired) electrons. The van der Waals surface area contributed by atoms with Gasteiger partial charge in [-0.2, -0.15) is 0 Å². The van der Waals surface area contributed by atoms with E-state index in [4.69, 9.17) is 5.11 Å². The predicted molar refractivity (Wildman–Crippen MR) is 58.4 cm³/mol. The van der Waals surface area contributed by atoms with Gasteiger partial charge in [-0.15, -0.1) is 0 Å². The van der Waals surface area contributed by atoms with Crippen LogP contribution >= 0.6 is 0 Å². The standard InChI is InChI=1S/C11H18N2O2/c1-9-4-3-5-10(13-9)6-12-7-11(2,15)8-14/h3-5,12,14-15H,6-8H2,1-2H3. The van der Waals surface area contributed by atoms with E-state index in [2.05, 4.69) is 10.3 Å². The van der Waals surface area contributed by atoms with Gasteiger partial charge in [0.1, 0.15) is 0 Å². The van der Waals surface area contributed by atoms with Gasteiger partial charge in [0.25, 0.3) is 0 Å². The van der Waals surface area contributed by atoms with Crippen LogP contribution in [0.4, 0.5) is 0 Å². The number of pyridine rings is 1. The molecule has 0 spiro atoms. The summed E-state index contributed by atoms with van der Waals surface area (Å²) >= 11 is 0.